The number of aromatic nitrogens is 2. The van der Waals surface area contributed by atoms with Crippen LogP contribution in [0.5, 0.6) is 0 Å². The molecule has 37 heavy (non-hydrogen) atoms. The lowest BCUT2D eigenvalue weighted by molar-refractivity contribution is -0.116. The van der Waals surface area contributed by atoms with E-state index in [1.54, 1.807) is 6.20 Å². The van der Waals surface area contributed by atoms with E-state index in [2.05, 4.69) is 81.5 Å². The first-order valence-corrected chi connectivity index (χ1v) is 13.1. The van der Waals surface area contributed by atoms with Gasteiger partial charge in [0.05, 0.1) is 17.8 Å². The summed E-state index contributed by atoms with van der Waals surface area (Å²) in [6, 6.07) is 26.2. The van der Waals surface area contributed by atoms with Crippen molar-refractivity contribution < 1.29 is 4.79 Å². The van der Waals surface area contributed by atoms with Crippen LogP contribution in [0.25, 0.3) is 5.69 Å². The molecule has 0 aliphatic carbocycles. The molecule has 2 atom stereocenters. The Morgan fingerprint density at radius 2 is 1.89 bits per heavy atom. The Labute approximate surface area is 223 Å². The highest BCUT2D eigenvalue weighted by Gasteiger charge is 2.41. The summed E-state index contributed by atoms with van der Waals surface area (Å²) in [6.07, 6.45) is 5.06. The number of hydrogen-bond acceptors (Lipinski definition) is 3. The number of carbonyl (C=O) groups excluding carboxylic acids is 1. The van der Waals surface area contributed by atoms with E-state index < -0.39 is 0 Å². The van der Waals surface area contributed by atoms with Gasteiger partial charge in [0.1, 0.15) is 0 Å². The number of rotatable bonds is 8. The molecule has 2 aromatic carbocycles. The number of thiocarbonyl (C=S) groups is 1. The summed E-state index contributed by atoms with van der Waals surface area (Å²) < 4.78 is 2.20. The molecule has 2 N–H and O–H groups in total. The van der Waals surface area contributed by atoms with Gasteiger partial charge in [-0.25, -0.2) is 0 Å². The van der Waals surface area contributed by atoms with Crippen molar-refractivity contribution in [1.82, 2.24) is 19.8 Å². The maximum Gasteiger partial charge on any atom is 0.226 e. The van der Waals surface area contributed by atoms with Crippen LogP contribution in [0.15, 0.2) is 91.3 Å². The lowest BCUT2D eigenvalue weighted by Crippen LogP contribution is -2.33. The van der Waals surface area contributed by atoms with Crippen LogP contribution in [-0.2, 0) is 11.2 Å². The van der Waals surface area contributed by atoms with Gasteiger partial charge in [-0.1, -0.05) is 43.3 Å². The SMILES string of the molecule is CCc1ccccc1NC(=O)CCN1C(=S)N[C@H](c2ccccn2)[C@@H]1c1cccn1-c1cccc(C)c1. The first kappa shape index (κ1) is 24.7. The molecule has 0 saturated carbocycles. The molecule has 7 heteroatoms. The number of nitrogens with one attached hydrogen (secondary N) is 2. The van der Waals surface area contributed by atoms with Crippen molar-refractivity contribution in [3.8, 4) is 5.69 Å². The Bertz CT molecular complexity index is 1400. The minimum Gasteiger partial charge on any atom is -0.352 e. The quantitative estimate of drug-likeness (QED) is 0.297. The smallest absolute Gasteiger partial charge is 0.226 e. The van der Waals surface area contributed by atoms with Gasteiger partial charge in [-0.05, 0) is 79.2 Å². The third-order valence-electron chi connectivity index (χ3n) is 6.81. The number of aryl methyl sites for hydroxylation is 2. The summed E-state index contributed by atoms with van der Waals surface area (Å²) in [6.45, 7) is 4.67. The van der Waals surface area contributed by atoms with Crippen LogP contribution < -0.4 is 10.6 Å². The van der Waals surface area contributed by atoms with E-state index in [1.807, 2.05) is 42.5 Å². The van der Waals surface area contributed by atoms with Gasteiger partial charge in [0.2, 0.25) is 5.91 Å². The fraction of sp³-hybridized carbons (Fsp3) is 0.233. The van der Waals surface area contributed by atoms with Crippen molar-refractivity contribution in [1.29, 1.82) is 0 Å². The fourth-order valence-electron chi connectivity index (χ4n) is 5.00. The van der Waals surface area contributed by atoms with E-state index in [-0.39, 0.29) is 18.0 Å². The monoisotopic (exact) mass is 509 g/mol. The fourth-order valence-corrected chi connectivity index (χ4v) is 5.33. The third-order valence-corrected chi connectivity index (χ3v) is 7.17. The number of hydrogen-bond donors (Lipinski definition) is 2. The molecular formula is C30H31N5OS. The van der Waals surface area contributed by atoms with Gasteiger partial charge in [0.15, 0.2) is 5.11 Å². The van der Waals surface area contributed by atoms with Crippen molar-refractivity contribution in [2.45, 2.75) is 38.8 Å². The lowest BCUT2D eigenvalue weighted by atomic mass is 10.0. The Morgan fingerprint density at radius 1 is 1.05 bits per heavy atom. The van der Waals surface area contributed by atoms with Crippen molar-refractivity contribution in [2.75, 3.05) is 11.9 Å². The maximum atomic E-state index is 13.0. The largest absolute Gasteiger partial charge is 0.352 e. The number of para-hydroxylation sites is 1. The van der Waals surface area contributed by atoms with E-state index in [0.717, 1.165) is 34.7 Å². The summed E-state index contributed by atoms with van der Waals surface area (Å²) in [4.78, 5) is 19.8. The number of nitrogens with zero attached hydrogens (tertiary/aromatic N) is 3. The predicted octanol–water partition coefficient (Wildman–Crippen LogP) is 5.74. The topological polar surface area (TPSA) is 62.2 Å². The average molecular weight is 510 g/mol. The molecular weight excluding hydrogens is 478 g/mol. The standard InChI is InChI=1S/C30H31N5OS/c1-3-22-11-4-5-13-24(22)32-27(36)16-19-35-29(28(33-30(35)37)25-14-6-7-17-31-25)26-15-9-18-34(26)23-12-8-10-21(2)20-23/h4-15,17-18,20,28-29H,3,16,19H2,1-2H3,(H,32,36)(H,33,37)/t28-,29+/m1/s1. The highest BCUT2D eigenvalue weighted by molar-refractivity contribution is 7.80. The Kier molecular flexibility index (Phi) is 7.32. The molecule has 3 heterocycles. The highest BCUT2D eigenvalue weighted by atomic mass is 32.1. The maximum absolute atomic E-state index is 13.0. The van der Waals surface area contributed by atoms with Gasteiger partial charge in [-0.3, -0.25) is 9.78 Å². The van der Waals surface area contributed by atoms with Gasteiger partial charge in [-0.2, -0.15) is 0 Å². The molecule has 5 rings (SSSR count). The van der Waals surface area contributed by atoms with Crippen LogP contribution in [0.4, 0.5) is 5.69 Å². The molecule has 1 aliphatic rings. The van der Waals surface area contributed by atoms with Gasteiger partial charge >= 0.3 is 0 Å². The van der Waals surface area contributed by atoms with E-state index in [9.17, 15) is 4.79 Å². The summed E-state index contributed by atoms with van der Waals surface area (Å²) in [5.74, 6) is -0.0298. The molecule has 4 aromatic rings. The molecule has 1 saturated heterocycles. The summed E-state index contributed by atoms with van der Waals surface area (Å²) in [5.41, 5.74) is 6.28. The highest BCUT2D eigenvalue weighted by Crippen LogP contribution is 2.39. The van der Waals surface area contributed by atoms with Crippen molar-refractivity contribution in [2.24, 2.45) is 0 Å². The molecule has 1 aliphatic heterocycles. The minimum atomic E-state index is -0.143. The zero-order valence-corrected chi connectivity index (χ0v) is 21.9. The summed E-state index contributed by atoms with van der Waals surface area (Å²) in [5, 5.41) is 7.20. The number of benzene rings is 2. The minimum absolute atomic E-state index is 0.0298. The number of pyridine rings is 1. The van der Waals surface area contributed by atoms with Crippen molar-refractivity contribution >= 4 is 28.9 Å². The Balaban J connectivity index is 1.44. The number of anilines is 1. The van der Waals surface area contributed by atoms with E-state index >= 15 is 0 Å². The van der Waals surface area contributed by atoms with Crippen molar-refractivity contribution in [3.05, 3.63) is 114 Å². The van der Waals surface area contributed by atoms with E-state index in [4.69, 9.17) is 12.2 Å². The van der Waals surface area contributed by atoms with Crippen LogP contribution in [0.1, 0.15) is 47.9 Å². The average Bonchev–Trinajstić information content (AvgIpc) is 3.52. The zero-order valence-electron chi connectivity index (χ0n) is 21.1. The second-order valence-corrected chi connectivity index (χ2v) is 9.66. The van der Waals surface area contributed by atoms with Crippen LogP contribution >= 0.6 is 12.2 Å². The zero-order chi connectivity index (χ0) is 25.8. The Morgan fingerprint density at radius 3 is 2.68 bits per heavy atom. The summed E-state index contributed by atoms with van der Waals surface area (Å²) in [7, 11) is 0. The second-order valence-electron chi connectivity index (χ2n) is 9.27. The molecule has 188 valence electrons. The van der Waals surface area contributed by atoms with Crippen molar-refractivity contribution in [3.63, 3.8) is 0 Å². The first-order valence-electron chi connectivity index (χ1n) is 12.6. The summed E-state index contributed by atoms with van der Waals surface area (Å²) >= 11 is 5.82. The molecule has 1 fully saturated rings. The lowest BCUT2D eigenvalue weighted by Gasteiger charge is -2.29. The van der Waals surface area contributed by atoms with Gasteiger partial charge in [0.25, 0.3) is 0 Å². The molecule has 0 spiro atoms. The Hall–Kier alpha value is -3.97. The first-order chi connectivity index (χ1) is 18.0. The third kappa shape index (κ3) is 5.27. The van der Waals surface area contributed by atoms with Gasteiger partial charge in [-0.15, -0.1) is 0 Å². The van der Waals surface area contributed by atoms with E-state index in [1.165, 1.54) is 5.56 Å². The van der Waals surface area contributed by atoms with Gasteiger partial charge < -0.3 is 20.1 Å². The molecule has 0 bridgehead atoms. The second kappa shape index (κ2) is 11.0. The molecule has 6 nitrogen and oxygen atoms in total. The number of carbonyl (C=O) groups is 1. The van der Waals surface area contributed by atoms with Crippen LogP contribution in [0, 0.1) is 6.92 Å². The van der Waals surface area contributed by atoms with Crippen LogP contribution in [-0.4, -0.2) is 32.0 Å². The van der Waals surface area contributed by atoms with Crippen LogP contribution in [0.2, 0.25) is 0 Å². The molecule has 0 radical (unpaired) electrons. The normalized spacial score (nSPS) is 17.0. The van der Waals surface area contributed by atoms with Gasteiger partial charge in [0, 0.05) is 42.4 Å². The predicted molar refractivity (Wildman–Crippen MR) is 152 cm³/mol. The molecule has 1 amide bonds. The molecule has 0 unspecified atom stereocenters. The van der Waals surface area contributed by atoms with E-state index in [0.29, 0.717) is 18.1 Å². The number of amides is 1. The molecule has 2 aromatic heterocycles. The van der Waals surface area contributed by atoms with Crippen LogP contribution in [0.3, 0.4) is 0 Å².